The molecule has 2 N–H and O–H groups in total. The number of aryl methyl sites for hydroxylation is 1. The third-order valence-corrected chi connectivity index (χ3v) is 2.78. The fourth-order valence-electron chi connectivity index (χ4n) is 1.70. The maximum absolute atomic E-state index is 11.7. The Morgan fingerprint density at radius 2 is 2.00 bits per heavy atom. The van der Waals surface area contributed by atoms with Crippen LogP contribution in [0.5, 0.6) is 0 Å². The molecule has 4 nitrogen and oxygen atoms in total. The topological polar surface area (TPSA) is 66.4 Å². The van der Waals surface area contributed by atoms with Gasteiger partial charge in [0.25, 0.3) is 0 Å². The van der Waals surface area contributed by atoms with Crippen LogP contribution in [-0.2, 0) is 16.0 Å². The Hall–Kier alpha value is -1.84. The molecular weight excluding hydrogens is 230 g/mol. The normalized spacial score (nSPS) is 11.9. The minimum absolute atomic E-state index is 0.0525. The minimum Gasteiger partial charge on any atom is -0.481 e. The molecule has 98 valence electrons. The lowest BCUT2D eigenvalue weighted by Crippen LogP contribution is -2.30. The molecule has 0 fully saturated rings. The van der Waals surface area contributed by atoms with Gasteiger partial charge < -0.3 is 10.4 Å². The highest BCUT2D eigenvalue weighted by atomic mass is 16.4. The molecule has 1 unspecified atom stereocenters. The van der Waals surface area contributed by atoms with Crippen LogP contribution in [0.3, 0.4) is 0 Å². The van der Waals surface area contributed by atoms with Crippen LogP contribution < -0.4 is 5.32 Å². The number of hydrogen-bond acceptors (Lipinski definition) is 2. The third kappa shape index (κ3) is 4.99. The quantitative estimate of drug-likeness (QED) is 0.807. The summed E-state index contributed by atoms with van der Waals surface area (Å²) in [5, 5.41) is 11.4. The number of carboxylic acids is 1. The molecule has 0 aliphatic rings. The van der Waals surface area contributed by atoms with Gasteiger partial charge in [0.15, 0.2) is 0 Å². The summed E-state index contributed by atoms with van der Waals surface area (Å²) < 4.78 is 0. The van der Waals surface area contributed by atoms with Gasteiger partial charge in [0, 0.05) is 13.0 Å². The second-order valence-electron chi connectivity index (χ2n) is 4.61. The maximum Gasteiger partial charge on any atom is 0.303 e. The van der Waals surface area contributed by atoms with Crippen LogP contribution in [0.25, 0.3) is 0 Å². The van der Waals surface area contributed by atoms with Crippen LogP contribution in [0.1, 0.15) is 24.5 Å². The highest BCUT2D eigenvalue weighted by Gasteiger charge is 2.10. The zero-order valence-electron chi connectivity index (χ0n) is 10.8. The fourth-order valence-corrected chi connectivity index (χ4v) is 1.70. The molecule has 0 bridgehead atoms. The van der Waals surface area contributed by atoms with Gasteiger partial charge in [0.2, 0.25) is 5.91 Å². The van der Waals surface area contributed by atoms with Crippen LogP contribution in [0.15, 0.2) is 24.3 Å². The minimum atomic E-state index is -0.837. The molecule has 0 aliphatic heterocycles. The number of nitrogens with one attached hydrogen (secondary N) is 1. The molecule has 4 heteroatoms. The first kappa shape index (κ1) is 14.2. The Balaban J connectivity index is 2.39. The number of rotatable bonds is 6. The van der Waals surface area contributed by atoms with Crippen molar-refractivity contribution in [2.24, 2.45) is 5.92 Å². The van der Waals surface area contributed by atoms with E-state index in [9.17, 15) is 9.59 Å². The van der Waals surface area contributed by atoms with Gasteiger partial charge in [-0.05, 0) is 24.0 Å². The first-order valence-electron chi connectivity index (χ1n) is 6.02. The Bertz CT molecular complexity index is 429. The molecule has 0 aromatic heterocycles. The van der Waals surface area contributed by atoms with E-state index in [-0.39, 0.29) is 18.2 Å². The van der Waals surface area contributed by atoms with Crippen molar-refractivity contribution in [2.75, 3.05) is 6.54 Å². The van der Waals surface area contributed by atoms with E-state index in [2.05, 4.69) is 5.32 Å². The Kier molecular flexibility index (Phi) is 5.36. The Labute approximate surface area is 107 Å². The summed E-state index contributed by atoms with van der Waals surface area (Å²) in [5.74, 6) is -0.958. The summed E-state index contributed by atoms with van der Waals surface area (Å²) in [6.45, 7) is 4.18. The van der Waals surface area contributed by atoms with Crippen LogP contribution in [-0.4, -0.2) is 23.5 Å². The molecule has 0 saturated carbocycles. The number of hydrogen-bond donors (Lipinski definition) is 2. The van der Waals surface area contributed by atoms with E-state index in [4.69, 9.17) is 5.11 Å². The summed E-state index contributed by atoms with van der Waals surface area (Å²) in [6, 6.07) is 7.74. The zero-order chi connectivity index (χ0) is 13.5. The number of amides is 1. The van der Waals surface area contributed by atoms with Gasteiger partial charge in [0.1, 0.15) is 0 Å². The molecular formula is C14H19NO3. The summed E-state index contributed by atoms with van der Waals surface area (Å²) in [6.07, 6.45) is 0.414. The maximum atomic E-state index is 11.7. The predicted octanol–water partition coefficient (Wildman–Crippen LogP) is 1.76. The van der Waals surface area contributed by atoms with Crippen LogP contribution in [0.4, 0.5) is 0 Å². The monoisotopic (exact) mass is 249 g/mol. The molecule has 1 aromatic rings. The lowest BCUT2D eigenvalue weighted by Gasteiger charge is -2.11. The van der Waals surface area contributed by atoms with Gasteiger partial charge in [0.05, 0.1) is 6.42 Å². The van der Waals surface area contributed by atoms with Crippen molar-refractivity contribution in [1.82, 2.24) is 5.32 Å². The predicted molar refractivity (Wildman–Crippen MR) is 69.3 cm³/mol. The standard InChI is InChI=1S/C14H19NO3/c1-10(7-14(17)18)9-15-13(16)8-12-6-4-3-5-11(12)2/h3-6,10H,7-9H2,1-2H3,(H,15,16)(H,17,18). The second-order valence-corrected chi connectivity index (χ2v) is 4.61. The van der Waals surface area contributed by atoms with Crippen LogP contribution in [0.2, 0.25) is 0 Å². The number of aliphatic carboxylic acids is 1. The molecule has 0 saturated heterocycles. The molecule has 0 radical (unpaired) electrons. The summed E-state index contributed by atoms with van der Waals surface area (Å²) >= 11 is 0. The lowest BCUT2D eigenvalue weighted by molar-refractivity contribution is -0.138. The molecule has 1 rings (SSSR count). The van der Waals surface area contributed by atoms with E-state index in [0.29, 0.717) is 13.0 Å². The summed E-state index contributed by atoms with van der Waals surface area (Å²) in [7, 11) is 0. The van der Waals surface area contributed by atoms with Crippen molar-refractivity contribution in [2.45, 2.75) is 26.7 Å². The number of carbonyl (C=O) groups is 2. The van der Waals surface area contributed by atoms with Gasteiger partial charge in [-0.1, -0.05) is 31.2 Å². The van der Waals surface area contributed by atoms with E-state index in [1.165, 1.54) is 0 Å². The van der Waals surface area contributed by atoms with Crippen LogP contribution in [0, 0.1) is 12.8 Å². The average molecular weight is 249 g/mol. The van der Waals surface area contributed by atoms with Crippen molar-refractivity contribution in [3.63, 3.8) is 0 Å². The zero-order valence-corrected chi connectivity index (χ0v) is 10.8. The van der Waals surface area contributed by atoms with Crippen molar-refractivity contribution in [3.8, 4) is 0 Å². The SMILES string of the molecule is Cc1ccccc1CC(=O)NCC(C)CC(=O)O. The van der Waals surface area contributed by atoms with Crippen LogP contribution >= 0.6 is 0 Å². The average Bonchev–Trinajstić information content (AvgIpc) is 2.29. The van der Waals surface area contributed by atoms with E-state index >= 15 is 0 Å². The van der Waals surface area contributed by atoms with Crippen molar-refractivity contribution >= 4 is 11.9 Å². The third-order valence-electron chi connectivity index (χ3n) is 2.78. The molecule has 18 heavy (non-hydrogen) atoms. The summed E-state index contributed by atoms with van der Waals surface area (Å²) in [5.41, 5.74) is 2.09. The van der Waals surface area contributed by atoms with E-state index in [1.807, 2.05) is 38.1 Å². The first-order chi connectivity index (χ1) is 8.49. The van der Waals surface area contributed by atoms with Crippen molar-refractivity contribution in [3.05, 3.63) is 35.4 Å². The highest BCUT2D eigenvalue weighted by molar-refractivity contribution is 5.79. The Morgan fingerprint density at radius 1 is 1.33 bits per heavy atom. The smallest absolute Gasteiger partial charge is 0.303 e. The molecule has 1 amide bonds. The first-order valence-corrected chi connectivity index (χ1v) is 6.02. The molecule has 1 atom stereocenters. The van der Waals surface area contributed by atoms with Gasteiger partial charge in [-0.15, -0.1) is 0 Å². The van der Waals surface area contributed by atoms with Crippen molar-refractivity contribution in [1.29, 1.82) is 0 Å². The van der Waals surface area contributed by atoms with E-state index < -0.39 is 5.97 Å². The Morgan fingerprint density at radius 3 is 2.61 bits per heavy atom. The molecule has 1 aromatic carbocycles. The number of carbonyl (C=O) groups excluding carboxylic acids is 1. The lowest BCUT2D eigenvalue weighted by atomic mass is 10.1. The highest BCUT2D eigenvalue weighted by Crippen LogP contribution is 2.07. The molecule has 0 spiro atoms. The second kappa shape index (κ2) is 6.79. The molecule has 0 aliphatic carbocycles. The van der Waals surface area contributed by atoms with Gasteiger partial charge >= 0.3 is 5.97 Å². The van der Waals surface area contributed by atoms with Gasteiger partial charge in [-0.25, -0.2) is 0 Å². The number of carboxylic acid groups (broad SMARTS) is 1. The van der Waals surface area contributed by atoms with E-state index in [0.717, 1.165) is 11.1 Å². The molecule has 0 heterocycles. The van der Waals surface area contributed by atoms with Gasteiger partial charge in [-0.2, -0.15) is 0 Å². The fraction of sp³-hybridized carbons (Fsp3) is 0.429. The summed E-state index contributed by atoms with van der Waals surface area (Å²) in [4.78, 5) is 22.2. The number of benzene rings is 1. The largest absolute Gasteiger partial charge is 0.481 e. The van der Waals surface area contributed by atoms with Gasteiger partial charge in [-0.3, -0.25) is 9.59 Å². The van der Waals surface area contributed by atoms with Crippen molar-refractivity contribution < 1.29 is 14.7 Å². The van der Waals surface area contributed by atoms with E-state index in [1.54, 1.807) is 0 Å².